The number of benzene rings is 2. The van der Waals surface area contributed by atoms with Crippen molar-refractivity contribution in [3.8, 4) is 5.13 Å². The number of aromatic nitrogens is 3. The van der Waals surface area contributed by atoms with Gasteiger partial charge in [0.25, 0.3) is 5.91 Å². The van der Waals surface area contributed by atoms with Crippen molar-refractivity contribution >= 4 is 43.3 Å². The molecule has 33 heavy (non-hydrogen) atoms. The molecule has 4 rings (SSSR count). The zero-order chi connectivity index (χ0) is 23.8. The van der Waals surface area contributed by atoms with Crippen LogP contribution in [-0.4, -0.2) is 46.5 Å². The van der Waals surface area contributed by atoms with Crippen molar-refractivity contribution in [1.29, 1.82) is 0 Å². The van der Waals surface area contributed by atoms with Crippen LogP contribution in [0.15, 0.2) is 53.4 Å². The summed E-state index contributed by atoms with van der Waals surface area (Å²) in [4.78, 5) is 17.5. The molecular formula is C22H22FN5O3S2. The first kappa shape index (κ1) is 23.0. The molecule has 4 aromatic rings. The van der Waals surface area contributed by atoms with Crippen molar-refractivity contribution < 1.29 is 17.6 Å². The van der Waals surface area contributed by atoms with Gasteiger partial charge in [-0.3, -0.25) is 4.79 Å². The molecule has 0 atom stereocenters. The van der Waals surface area contributed by atoms with E-state index in [9.17, 15) is 17.6 Å². The van der Waals surface area contributed by atoms with Crippen LogP contribution in [0.1, 0.15) is 29.9 Å². The van der Waals surface area contributed by atoms with Crippen LogP contribution in [0.25, 0.3) is 15.3 Å². The maximum atomic E-state index is 13.5. The summed E-state index contributed by atoms with van der Waals surface area (Å²) in [5.41, 5.74) is 1.59. The Labute approximate surface area is 194 Å². The van der Waals surface area contributed by atoms with E-state index in [4.69, 9.17) is 0 Å². The standard InChI is InChI=1S/C22H22FN5O3S2/c1-4-27(5-2)33(30,31)17-9-6-15(7-10-17)21(29)25-20-12-14(3)26-28(20)22-24-18-11-8-16(23)13-19(18)32-22/h6-13H,4-5H2,1-3H3,(H,25,29). The van der Waals surface area contributed by atoms with Gasteiger partial charge in [-0.05, 0) is 49.4 Å². The molecule has 0 spiro atoms. The molecule has 2 heterocycles. The van der Waals surface area contributed by atoms with Gasteiger partial charge >= 0.3 is 0 Å². The number of thiazole rings is 1. The van der Waals surface area contributed by atoms with Gasteiger partial charge in [-0.2, -0.15) is 14.1 Å². The lowest BCUT2D eigenvalue weighted by Crippen LogP contribution is -2.30. The molecule has 1 amide bonds. The van der Waals surface area contributed by atoms with E-state index < -0.39 is 15.9 Å². The zero-order valence-electron chi connectivity index (χ0n) is 18.2. The van der Waals surface area contributed by atoms with Crippen LogP contribution in [0.5, 0.6) is 0 Å². The number of sulfonamides is 1. The molecule has 11 heteroatoms. The highest BCUT2D eigenvalue weighted by Crippen LogP contribution is 2.28. The third-order valence-corrected chi connectivity index (χ3v) is 8.11. The number of anilines is 1. The van der Waals surface area contributed by atoms with Gasteiger partial charge in [0.2, 0.25) is 15.2 Å². The maximum Gasteiger partial charge on any atom is 0.256 e. The molecule has 0 saturated heterocycles. The second-order valence-corrected chi connectivity index (χ2v) is 10.2. The monoisotopic (exact) mass is 487 g/mol. The Morgan fingerprint density at radius 1 is 1.12 bits per heavy atom. The smallest absolute Gasteiger partial charge is 0.256 e. The highest BCUT2D eigenvalue weighted by molar-refractivity contribution is 7.89. The summed E-state index contributed by atoms with van der Waals surface area (Å²) in [5.74, 6) is -0.374. The number of carbonyl (C=O) groups is 1. The molecule has 2 aromatic carbocycles. The molecule has 0 aliphatic rings. The van der Waals surface area contributed by atoms with Gasteiger partial charge in [0.15, 0.2) is 0 Å². The second kappa shape index (κ2) is 9.00. The molecule has 1 N–H and O–H groups in total. The van der Waals surface area contributed by atoms with Gasteiger partial charge in [0.05, 0.1) is 20.8 Å². The number of carbonyl (C=O) groups excluding carboxylic acids is 1. The van der Waals surface area contributed by atoms with E-state index in [0.717, 1.165) is 0 Å². The fourth-order valence-electron chi connectivity index (χ4n) is 3.39. The van der Waals surface area contributed by atoms with Gasteiger partial charge in [0, 0.05) is 24.7 Å². The lowest BCUT2D eigenvalue weighted by molar-refractivity contribution is 0.102. The number of nitrogens with one attached hydrogen (secondary N) is 1. The average molecular weight is 488 g/mol. The van der Waals surface area contributed by atoms with Crippen molar-refractivity contribution in [2.75, 3.05) is 18.4 Å². The summed E-state index contributed by atoms with van der Waals surface area (Å²) in [6.45, 7) is 6.06. The van der Waals surface area contributed by atoms with Crippen LogP contribution in [0, 0.1) is 12.7 Å². The summed E-state index contributed by atoms with van der Waals surface area (Å²) in [7, 11) is -3.60. The summed E-state index contributed by atoms with van der Waals surface area (Å²) in [6.07, 6.45) is 0. The third-order valence-electron chi connectivity index (χ3n) is 5.05. The van der Waals surface area contributed by atoms with Crippen LogP contribution in [0.2, 0.25) is 0 Å². The van der Waals surface area contributed by atoms with Gasteiger partial charge in [0.1, 0.15) is 11.6 Å². The van der Waals surface area contributed by atoms with Gasteiger partial charge < -0.3 is 5.32 Å². The van der Waals surface area contributed by atoms with Crippen LogP contribution in [-0.2, 0) is 10.0 Å². The molecule has 8 nitrogen and oxygen atoms in total. The van der Waals surface area contributed by atoms with E-state index in [2.05, 4.69) is 15.4 Å². The van der Waals surface area contributed by atoms with E-state index in [1.807, 2.05) is 0 Å². The summed E-state index contributed by atoms with van der Waals surface area (Å²) in [6, 6.07) is 11.8. The van der Waals surface area contributed by atoms with Gasteiger partial charge in [-0.25, -0.2) is 17.8 Å². The van der Waals surface area contributed by atoms with Gasteiger partial charge in [-0.1, -0.05) is 25.2 Å². The van der Waals surface area contributed by atoms with E-state index in [-0.39, 0.29) is 10.7 Å². The van der Waals surface area contributed by atoms with E-state index in [1.165, 1.54) is 56.7 Å². The molecule has 0 radical (unpaired) electrons. The van der Waals surface area contributed by atoms with Crippen molar-refractivity contribution in [3.05, 3.63) is 65.6 Å². The van der Waals surface area contributed by atoms with Crippen LogP contribution in [0.3, 0.4) is 0 Å². The summed E-state index contributed by atoms with van der Waals surface area (Å²) >= 11 is 1.25. The lowest BCUT2D eigenvalue weighted by Gasteiger charge is -2.18. The van der Waals surface area contributed by atoms with Crippen LogP contribution < -0.4 is 5.32 Å². The lowest BCUT2D eigenvalue weighted by atomic mass is 10.2. The summed E-state index contributed by atoms with van der Waals surface area (Å²) < 4.78 is 42.4. The predicted molar refractivity (Wildman–Crippen MR) is 126 cm³/mol. The normalized spacial score (nSPS) is 11.9. The SMILES string of the molecule is CCN(CC)S(=O)(=O)c1ccc(C(=O)Nc2cc(C)nn2-c2nc3ccc(F)cc3s2)cc1. The van der Waals surface area contributed by atoms with Crippen molar-refractivity contribution in [2.24, 2.45) is 0 Å². The molecule has 0 fully saturated rings. The molecule has 0 aliphatic heterocycles. The number of aryl methyl sites for hydroxylation is 1. The number of hydrogen-bond acceptors (Lipinski definition) is 6. The van der Waals surface area contributed by atoms with E-state index >= 15 is 0 Å². The molecule has 0 unspecified atom stereocenters. The minimum absolute atomic E-state index is 0.130. The Morgan fingerprint density at radius 3 is 2.48 bits per heavy atom. The fraction of sp³-hybridized carbons (Fsp3) is 0.227. The first-order valence-corrected chi connectivity index (χ1v) is 12.5. The third kappa shape index (κ3) is 4.52. The second-order valence-electron chi connectivity index (χ2n) is 7.26. The van der Waals surface area contributed by atoms with Crippen molar-refractivity contribution in [1.82, 2.24) is 19.1 Å². The van der Waals surface area contributed by atoms with Crippen LogP contribution >= 0.6 is 11.3 Å². The highest BCUT2D eigenvalue weighted by Gasteiger charge is 2.22. The Kier molecular flexibility index (Phi) is 6.28. The largest absolute Gasteiger partial charge is 0.306 e. The van der Waals surface area contributed by atoms with E-state index in [0.29, 0.717) is 45.5 Å². The first-order chi connectivity index (χ1) is 15.7. The molecule has 172 valence electrons. The topological polar surface area (TPSA) is 97.2 Å². The number of nitrogens with zero attached hydrogens (tertiary/aromatic N) is 4. The van der Waals surface area contributed by atoms with Crippen molar-refractivity contribution in [2.45, 2.75) is 25.7 Å². The zero-order valence-corrected chi connectivity index (χ0v) is 19.9. The average Bonchev–Trinajstić information content (AvgIpc) is 3.36. The maximum absolute atomic E-state index is 13.5. The highest BCUT2D eigenvalue weighted by atomic mass is 32.2. The minimum Gasteiger partial charge on any atom is -0.306 e. The molecule has 0 aliphatic carbocycles. The molecule has 0 bridgehead atoms. The van der Waals surface area contributed by atoms with E-state index in [1.54, 1.807) is 32.9 Å². The Balaban J connectivity index is 1.59. The fourth-order valence-corrected chi connectivity index (χ4v) is 5.80. The summed E-state index contributed by atoms with van der Waals surface area (Å²) in [5, 5.41) is 7.69. The predicted octanol–water partition coefficient (Wildman–Crippen LogP) is 4.21. The Bertz CT molecular complexity index is 1420. The first-order valence-electron chi connectivity index (χ1n) is 10.3. The quantitative estimate of drug-likeness (QED) is 0.421. The Hall–Kier alpha value is -3.15. The Morgan fingerprint density at radius 2 is 1.82 bits per heavy atom. The number of hydrogen-bond donors (Lipinski definition) is 1. The van der Waals surface area contributed by atoms with Crippen LogP contribution in [0.4, 0.5) is 10.2 Å². The number of rotatable bonds is 7. The number of amides is 1. The number of halogens is 1. The van der Waals surface area contributed by atoms with Gasteiger partial charge in [-0.15, -0.1) is 0 Å². The number of fused-ring (bicyclic) bond motifs is 1. The molecular weight excluding hydrogens is 465 g/mol. The molecule has 0 saturated carbocycles. The van der Waals surface area contributed by atoms with Crippen molar-refractivity contribution in [3.63, 3.8) is 0 Å². The molecule has 2 aromatic heterocycles. The minimum atomic E-state index is -3.60.